The molecule has 0 aromatic heterocycles. The normalized spacial score (nSPS) is 18.2. The Balaban J connectivity index is -0.00000101. The summed E-state index contributed by atoms with van der Waals surface area (Å²) in [6.45, 7) is 27.7. The molecule has 0 spiro atoms. The molecule has 2 rings (SSSR count). The standard InChI is InChI=1S/C22H39N5O5.C5H10O2.C5H10.C2H6.CH2Cl2/c1-12-9-10-27(14(12)18(30)25-13(2)15(28)17(23)29)19(31)16(22(6,7)8)26-20(32)24-11-21(3,4)5;1-5(2,3)7-4-6;1-5-3-2-4-5;1-2;2-1-3/h12-14,16H,9-11H2,1-8H3,(H2,23,29)(H,25,30)(H2,24,26,32);4H,1-3H3;5H,2-4H2,1H3;1-2H3;1H2/t12?,13?,14-,16?;;;;/m0..../s1. The summed E-state index contributed by atoms with van der Waals surface area (Å²) < 4.78 is 4.55. The van der Waals surface area contributed by atoms with Crippen LogP contribution >= 0.6 is 23.2 Å². The molecule has 1 aliphatic carbocycles. The number of primary amides is 1. The number of carbonyl (C=O) groups is 6. The summed E-state index contributed by atoms with van der Waals surface area (Å²) in [4.78, 5) is 72.8. The number of carbonyl (C=O) groups excluding carboxylic acids is 6. The summed E-state index contributed by atoms with van der Waals surface area (Å²) in [7, 11) is 0. The second kappa shape index (κ2) is 24.5. The van der Waals surface area contributed by atoms with Gasteiger partial charge in [0.2, 0.25) is 17.6 Å². The van der Waals surface area contributed by atoms with Crippen molar-refractivity contribution >= 4 is 59.2 Å². The summed E-state index contributed by atoms with van der Waals surface area (Å²) in [5.41, 5.74) is 3.95. The molecular formula is C35H67Cl2N5O7. The number of nitrogens with two attached hydrogens (primary N) is 1. The second-order valence-electron chi connectivity index (χ2n) is 15.4. The van der Waals surface area contributed by atoms with E-state index >= 15 is 0 Å². The first-order chi connectivity index (χ1) is 22.3. The number of ketones is 1. The number of Topliss-reactive ketones (excluding diaryl/α,β-unsaturated/α-hetero) is 1. The molecule has 3 unspecified atom stereocenters. The molecule has 49 heavy (non-hydrogen) atoms. The minimum absolute atomic E-state index is 0.120. The van der Waals surface area contributed by atoms with Crippen LogP contribution in [-0.4, -0.2) is 83.1 Å². The molecule has 4 atom stereocenters. The SMILES string of the molecule is CC.CC(C)(C)OC=O.CC(NC(=O)[C@@H]1C(C)CCN1C(=O)C(NC(=O)NCC(C)(C)C)C(C)(C)C)C(=O)C(N)=O.CC1CCC1.ClCCl. The molecule has 14 heteroatoms. The van der Waals surface area contributed by atoms with E-state index in [4.69, 9.17) is 28.9 Å². The number of nitrogens with one attached hydrogen (secondary N) is 3. The first kappa shape index (κ1) is 50.8. The van der Waals surface area contributed by atoms with Gasteiger partial charge < -0.3 is 31.3 Å². The Morgan fingerprint density at radius 2 is 1.39 bits per heavy atom. The third kappa shape index (κ3) is 23.4. The monoisotopic (exact) mass is 739 g/mol. The molecule has 12 nitrogen and oxygen atoms in total. The van der Waals surface area contributed by atoms with E-state index in [1.165, 1.54) is 31.1 Å². The molecule has 2 fully saturated rings. The lowest BCUT2D eigenvalue weighted by molar-refractivity contribution is -0.144. The van der Waals surface area contributed by atoms with Crippen LogP contribution in [0.15, 0.2) is 0 Å². The Hall–Kier alpha value is -2.60. The van der Waals surface area contributed by atoms with Crippen LogP contribution in [0.25, 0.3) is 0 Å². The second-order valence-corrected chi connectivity index (χ2v) is 16.2. The van der Waals surface area contributed by atoms with Crippen molar-refractivity contribution in [2.45, 2.75) is 146 Å². The molecular weight excluding hydrogens is 673 g/mol. The van der Waals surface area contributed by atoms with Crippen molar-refractivity contribution in [2.24, 2.45) is 28.4 Å². The number of likely N-dealkylation sites (tertiary alicyclic amines) is 1. The zero-order valence-corrected chi connectivity index (χ0v) is 34.1. The van der Waals surface area contributed by atoms with E-state index in [9.17, 15) is 28.8 Å². The summed E-state index contributed by atoms with van der Waals surface area (Å²) in [5.74, 6) is -2.05. The fourth-order valence-corrected chi connectivity index (χ4v) is 4.27. The van der Waals surface area contributed by atoms with E-state index < -0.39 is 47.2 Å². The first-order valence-electron chi connectivity index (χ1n) is 17.0. The third-order valence-corrected chi connectivity index (χ3v) is 7.21. The maximum absolute atomic E-state index is 13.5. The van der Waals surface area contributed by atoms with Crippen LogP contribution in [0.5, 0.6) is 0 Å². The minimum Gasteiger partial charge on any atom is -0.462 e. The maximum atomic E-state index is 13.5. The van der Waals surface area contributed by atoms with E-state index in [0.717, 1.165) is 5.92 Å². The Morgan fingerprint density at radius 3 is 1.69 bits per heavy atom. The molecule has 5 N–H and O–H groups in total. The molecule has 0 radical (unpaired) electrons. The number of halogens is 2. The predicted octanol–water partition coefficient (Wildman–Crippen LogP) is 5.75. The highest BCUT2D eigenvalue weighted by molar-refractivity contribution is 6.40. The fourth-order valence-electron chi connectivity index (χ4n) is 4.27. The first-order valence-corrected chi connectivity index (χ1v) is 18.1. The number of ether oxygens (including phenoxy) is 1. The van der Waals surface area contributed by atoms with E-state index in [0.29, 0.717) is 26.0 Å². The smallest absolute Gasteiger partial charge is 0.315 e. The molecule has 1 saturated heterocycles. The Morgan fingerprint density at radius 1 is 0.918 bits per heavy atom. The van der Waals surface area contributed by atoms with Gasteiger partial charge in [0.05, 0.1) is 11.4 Å². The summed E-state index contributed by atoms with van der Waals surface area (Å²) in [5, 5.41) is 8.23. The lowest BCUT2D eigenvalue weighted by Gasteiger charge is -2.36. The quantitative estimate of drug-likeness (QED) is 0.139. The lowest BCUT2D eigenvalue weighted by Crippen LogP contribution is -2.60. The van der Waals surface area contributed by atoms with Gasteiger partial charge in [-0.15, -0.1) is 23.2 Å². The molecule has 1 heterocycles. The highest BCUT2D eigenvalue weighted by Crippen LogP contribution is 2.29. The average Bonchev–Trinajstić information content (AvgIpc) is 3.34. The van der Waals surface area contributed by atoms with Gasteiger partial charge in [-0.2, -0.15) is 0 Å². The van der Waals surface area contributed by atoms with Crippen LogP contribution in [-0.2, 0) is 28.7 Å². The highest BCUT2D eigenvalue weighted by Gasteiger charge is 2.45. The van der Waals surface area contributed by atoms with Crippen LogP contribution in [0, 0.1) is 22.7 Å². The van der Waals surface area contributed by atoms with Crippen molar-refractivity contribution in [2.75, 3.05) is 18.4 Å². The van der Waals surface area contributed by atoms with Gasteiger partial charge in [-0.3, -0.25) is 24.0 Å². The summed E-state index contributed by atoms with van der Waals surface area (Å²) in [6.07, 6.45) is 5.05. The molecule has 0 aromatic rings. The zero-order chi connectivity index (χ0) is 39.3. The number of hydrogen-bond donors (Lipinski definition) is 4. The number of alkyl halides is 2. The summed E-state index contributed by atoms with van der Waals surface area (Å²) >= 11 is 9.53. The van der Waals surface area contributed by atoms with Gasteiger partial charge in [-0.05, 0) is 56.8 Å². The maximum Gasteiger partial charge on any atom is 0.315 e. The molecule has 1 aliphatic heterocycles. The van der Waals surface area contributed by atoms with Gasteiger partial charge in [0.25, 0.3) is 12.4 Å². The van der Waals surface area contributed by atoms with E-state index in [1.807, 2.05) is 83.1 Å². The van der Waals surface area contributed by atoms with Gasteiger partial charge in [0.15, 0.2) is 0 Å². The number of rotatable bonds is 8. The van der Waals surface area contributed by atoms with Crippen LogP contribution < -0.4 is 21.7 Å². The number of nitrogens with zero attached hydrogens (tertiary/aromatic N) is 1. The largest absolute Gasteiger partial charge is 0.462 e. The van der Waals surface area contributed by atoms with Crippen molar-refractivity contribution in [1.29, 1.82) is 0 Å². The minimum atomic E-state index is -1.14. The molecule has 5 amide bonds. The van der Waals surface area contributed by atoms with Crippen molar-refractivity contribution in [3.8, 4) is 0 Å². The van der Waals surface area contributed by atoms with Crippen molar-refractivity contribution in [1.82, 2.24) is 20.9 Å². The van der Waals surface area contributed by atoms with Gasteiger partial charge in [-0.25, -0.2) is 4.79 Å². The van der Waals surface area contributed by atoms with Crippen molar-refractivity contribution in [3.63, 3.8) is 0 Å². The Bertz CT molecular complexity index is 1020. The topological polar surface area (TPSA) is 177 Å². The highest BCUT2D eigenvalue weighted by atomic mass is 35.5. The van der Waals surface area contributed by atoms with Crippen LogP contribution in [0.1, 0.15) is 123 Å². The number of hydrogen-bond acceptors (Lipinski definition) is 7. The molecule has 288 valence electrons. The van der Waals surface area contributed by atoms with Gasteiger partial charge in [-0.1, -0.05) is 88.5 Å². The molecule has 1 saturated carbocycles. The average molecular weight is 741 g/mol. The summed E-state index contributed by atoms with van der Waals surface area (Å²) in [6, 6.07) is -3.24. The number of urea groups is 1. The third-order valence-electron chi connectivity index (χ3n) is 7.21. The number of amides is 5. The van der Waals surface area contributed by atoms with Crippen LogP contribution in [0.2, 0.25) is 0 Å². The molecule has 0 bridgehead atoms. The molecule has 0 aromatic carbocycles. The van der Waals surface area contributed by atoms with Crippen molar-refractivity contribution < 1.29 is 33.5 Å². The Labute approximate surface area is 306 Å². The van der Waals surface area contributed by atoms with Gasteiger partial charge in [0, 0.05) is 13.1 Å². The van der Waals surface area contributed by atoms with Crippen LogP contribution in [0.3, 0.4) is 0 Å². The lowest BCUT2D eigenvalue weighted by atomic mass is 9.85. The van der Waals surface area contributed by atoms with Crippen molar-refractivity contribution in [3.05, 3.63) is 0 Å². The molecule has 2 aliphatic rings. The van der Waals surface area contributed by atoms with Gasteiger partial charge in [0.1, 0.15) is 17.7 Å². The van der Waals surface area contributed by atoms with E-state index in [1.54, 1.807) is 0 Å². The fraction of sp³-hybridized carbons (Fsp3) is 0.829. The Kier molecular flexibility index (Phi) is 25.4. The van der Waals surface area contributed by atoms with E-state index in [-0.39, 0.29) is 28.2 Å². The van der Waals surface area contributed by atoms with Gasteiger partial charge >= 0.3 is 6.03 Å². The van der Waals surface area contributed by atoms with Crippen LogP contribution in [0.4, 0.5) is 4.79 Å². The predicted molar refractivity (Wildman–Crippen MR) is 198 cm³/mol. The zero-order valence-electron chi connectivity index (χ0n) is 32.6. The van der Waals surface area contributed by atoms with E-state index in [2.05, 4.69) is 27.6 Å².